The molecule has 84 valence electrons. The smallest absolute Gasteiger partial charge is 0.146 e. The molecule has 1 aromatic carbocycles. The van der Waals surface area contributed by atoms with E-state index in [0.29, 0.717) is 12.2 Å². The summed E-state index contributed by atoms with van der Waals surface area (Å²) in [4.78, 5) is 0. The Balaban J connectivity index is 2.10. The largest absolute Gasteiger partial charge is 0.378 e. The molecule has 0 saturated carbocycles. The minimum absolute atomic E-state index is 0.198. The minimum atomic E-state index is -0.198. The maximum absolute atomic E-state index is 13.5. The Hall–Kier alpha value is -1.77. The van der Waals surface area contributed by atoms with Crippen molar-refractivity contribution < 1.29 is 4.39 Å². The van der Waals surface area contributed by atoms with Gasteiger partial charge in [0.2, 0.25) is 0 Å². The zero-order valence-electron chi connectivity index (χ0n) is 9.50. The zero-order valence-corrected chi connectivity index (χ0v) is 9.50. The van der Waals surface area contributed by atoms with Crippen LogP contribution in [0.4, 0.5) is 10.1 Å². The Kier molecular flexibility index (Phi) is 2.95. The molecule has 0 aliphatic rings. The van der Waals surface area contributed by atoms with Crippen molar-refractivity contribution in [3.63, 3.8) is 0 Å². The molecule has 2 aromatic rings. The molecule has 1 heterocycles. The Morgan fingerprint density at radius 3 is 2.75 bits per heavy atom. The molecule has 0 unspecified atom stereocenters. The van der Waals surface area contributed by atoms with E-state index in [4.69, 9.17) is 0 Å². The SMILES string of the molecule is Cc1cccc(F)c1NCc1ccn(C)c1. The molecule has 0 aliphatic heterocycles. The quantitative estimate of drug-likeness (QED) is 0.837. The van der Waals surface area contributed by atoms with Gasteiger partial charge in [0.25, 0.3) is 0 Å². The highest BCUT2D eigenvalue weighted by Crippen LogP contribution is 2.19. The summed E-state index contributed by atoms with van der Waals surface area (Å²) in [6.45, 7) is 2.54. The molecule has 0 amide bonds. The van der Waals surface area contributed by atoms with Gasteiger partial charge in [0, 0.05) is 26.0 Å². The third-order valence-electron chi connectivity index (χ3n) is 2.58. The molecule has 0 atom stereocenters. The number of halogens is 1. The van der Waals surface area contributed by atoms with E-state index < -0.39 is 0 Å². The highest BCUT2D eigenvalue weighted by molar-refractivity contribution is 5.51. The van der Waals surface area contributed by atoms with Gasteiger partial charge >= 0.3 is 0 Å². The van der Waals surface area contributed by atoms with Crippen LogP contribution in [0.15, 0.2) is 36.7 Å². The van der Waals surface area contributed by atoms with Crippen LogP contribution in [0.2, 0.25) is 0 Å². The zero-order chi connectivity index (χ0) is 11.5. The lowest BCUT2D eigenvalue weighted by molar-refractivity contribution is 0.629. The lowest BCUT2D eigenvalue weighted by atomic mass is 10.2. The van der Waals surface area contributed by atoms with E-state index in [1.54, 1.807) is 6.07 Å². The monoisotopic (exact) mass is 218 g/mol. The minimum Gasteiger partial charge on any atom is -0.378 e. The van der Waals surface area contributed by atoms with Gasteiger partial charge in [0.05, 0.1) is 5.69 Å². The molecule has 0 saturated heterocycles. The van der Waals surface area contributed by atoms with Gasteiger partial charge in [-0.05, 0) is 30.2 Å². The molecule has 3 heteroatoms. The van der Waals surface area contributed by atoms with Gasteiger partial charge in [-0.2, -0.15) is 0 Å². The van der Waals surface area contributed by atoms with Crippen LogP contribution in [0.1, 0.15) is 11.1 Å². The molecule has 16 heavy (non-hydrogen) atoms. The van der Waals surface area contributed by atoms with E-state index in [1.165, 1.54) is 6.07 Å². The molecule has 0 bridgehead atoms. The van der Waals surface area contributed by atoms with Crippen LogP contribution >= 0.6 is 0 Å². The van der Waals surface area contributed by atoms with Crippen LogP contribution < -0.4 is 5.32 Å². The van der Waals surface area contributed by atoms with Crippen molar-refractivity contribution in [3.05, 3.63) is 53.6 Å². The second-order valence-electron chi connectivity index (χ2n) is 3.97. The van der Waals surface area contributed by atoms with Gasteiger partial charge in [-0.1, -0.05) is 12.1 Å². The number of nitrogens with one attached hydrogen (secondary N) is 1. The fourth-order valence-corrected chi connectivity index (χ4v) is 1.71. The van der Waals surface area contributed by atoms with Crippen LogP contribution in [0.25, 0.3) is 0 Å². The number of hydrogen-bond acceptors (Lipinski definition) is 1. The highest BCUT2D eigenvalue weighted by Gasteiger charge is 2.04. The number of rotatable bonds is 3. The molecular formula is C13H15FN2. The number of hydrogen-bond donors (Lipinski definition) is 1. The second-order valence-corrected chi connectivity index (χ2v) is 3.97. The van der Waals surface area contributed by atoms with E-state index in [1.807, 2.05) is 43.1 Å². The second kappa shape index (κ2) is 4.39. The molecule has 0 aliphatic carbocycles. The fourth-order valence-electron chi connectivity index (χ4n) is 1.71. The maximum atomic E-state index is 13.5. The molecule has 2 nitrogen and oxygen atoms in total. The van der Waals surface area contributed by atoms with E-state index in [-0.39, 0.29) is 5.82 Å². The third kappa shape index (κ3) is 2.24. The highest BCUT2D eigenvalue weighted by atomic mass is 19.1. The first-order valence-corrected chi connectivity index (χ1v) is 5.26. The number of benzene rings is 1. The summed E-state index contributed by atoms with van der Waals surface area (Å²) in [6, 6.07) is 7.11. The summed E-state index contributed by atoms with van der Waals surface area (Å²) >= 11 is 0. The summed E-state index contributed by atoms with van der Waals surface area (Å²) in [6.07, 6.45) is 3.99. The summed E-state index contributed by atoms with van der Waals surface area (Å²) in [5.74, 6) is -0.198. The maximum Gasteiger partial charge on any atom is 0.146 e. The summed E-state index contributed by atoms with van der Waals surface area (Å²) in [7, 11) is 1.97. The van der Waals surface area contributed by atoms with E-state index in [2.05, 4.69) is 5.32 Å². The molecule has 2 rings (SSSR count). The van der Waals surface area contributed by atoms with Gasteiger partial charge in [-0.3, -0.25) is 0 Å². The first-order valence-electron chi connectivity index (χ1n) is 5.26. The normalized spacial score (nSPS) is 10.4. The topological polar surface area (TPSA) is 17.0 Å². The van der Waals surface area contributed by atoms with Gasteiger partial charge in [-0.15, -0.1) is 0 Å². The molecule has 0 spiro atoms. The van der Waals surface area contributed by atoms with Crippen molar-refractivity contribution >= 4 is 5.69 Å². The Labute approximate surface area is 94.7 Å². The first-order chi connectivity index (χ1) is 7.66. The Morgan fingerprint density at radius 2 is 2.12 bits per heavy atom. The molecule has 1 aromatic heterocycles. The van der Waals surface area contributed by atoms with Crippen molar-refractivity contribution in [1.82, 2.24) is 4.57 Å². The predicted molar refractivity (Wildman–Crippen MR) is 63.9 cm³/mol. The number of nitrogens with zero attached hydrogens (tertiary/aromatic N) is 1. The average molecular weight is 218 g/mol. The van der Waals surface area contributed by atoms with Crippen molar-refractivity contribution in [1.29, 1.82) is 0 Å². The van der Waals surface area contributed by atoms with Gasteiger partial charge in [-0.25, -0.2) is 4.39 Å². The van der Waals surface area contributed by atoms with Crippen LogP contribution in [0.5, 0.6) is 0 Å². The van der Waals surface area contributed by atoms with Crippen LogP contribution in [-0.2, 0) is 13.6 Å². The van der Waals surface area contributed by atoms with Gasteiger partial charge in [0.1, 0.15) is 5.82 Å². The third-order valence-corrected chi connectivity index (χ3v) is 2.58. The molecule has 0 fully saturated rings. The number of aryl methyl sites for hydroxylation is 2. The Morgan fingerprint density at radius 1 is 1.31 bits per heavy atom. The average Bonchev–Trinajstić information content (AvgIpc) is 2.63. The first kappa shape index (κ1) is 10.7. The summed E-state index contributed by atoms with van der Waals surface area (Å²) in [5.41, 5.74) is 2.66. The van der Waals surface area contributed by atoms with Crippen molar-refractivity contribution in [3.8, 4) is 0 Å². The number of aromatic nitrogens is 1. The fraction of sp³-hybridized carbons (Fsp3) is 0.231. The van der Waals surface area contributed by atoms with Crippen LogP contribution in [0.3, 0.4) is 0 Å². The van der Waals surface area contributed by atoms with Gasteiger partial charge in [0.15, 0.2) is 0 Å². The Bertz CT molecular complexity index is 468. The predicted octanol–water partition coefficient (Wildman–Crippen LogP) is 3.08. The van der Waals surface area contributed by atoms with Crippen molar-refractivity contribution in [2.75, 3.05) is 5.32 Å². The van der Waals surface area contributed by atoms with Crippen molar-refractivity contribution in [2.45, 2.75) is 13.5 Å². The van der Waals surface area contributed by atoms with E-state index >= 15 is 0 Å². The summed E-state index contributed by atoms with van der Waals surface area (Å²) in [5, 5.41) is 3.12. The van der Waals surface area contributed by atoms with Crippen LogP contribution in [-0.4, -0.2) is 4.57 Å². The number of para-hydroxylation sites is 1. The molecule has 0 radical (unpaired) electrons. The lowest BCUT2D eigenvalue weighted by Crippen LogP contribution is -2.02. The molecule has 1 N–H and O–H groups in total. The lowest BCUT2D eigenvalue weighted by Gasteiger charge is -2.09. The standard InChI is InChI=1S/C13H15FN2/c1-10-4-3-5-12(14)13(10)15-8-11-6-7-16(2)9-11/h3-7,9,15H,8H2,1-2H3. The van der Waals surface area contributed by atoms with Gasteiger partial charge < -0.3 is 9.88 Å². The molecular weight excluding hydrogens is 203 g/mol. The van der Waals surface area contributed by atoms with E-state index in [9.17, 15) is 4.39 Å². The number of anilines is 1. The van der Waals surface area contributed by atoms with E-state index in [0.717, 1.165) is 11.1 Å². The van der Waals surface area contributed by atoms with Crippen LogP contribution in [0, 0.1) is 12.7 Å². The summed E-state index contributed by atoms with van der Waals surface area (Å²) < 4.78 is 15.5. The van der Waals surface area contributed by atoms with Crippen molar-refractivity contribution in [2.24, 2.45) is 7.05 Å².